The molecule has 0 radical (unpaired) electrons. The number of likely N-dealkylation sites (N-methyl/N-ethyl adjacent to an activating group) is 1. The Balaban J connectivity index is 2.16. The van der Waals surface area contributed by atoms with Crippen molar-refractivity contribution in [3.8, 4) is 5.75 Å². The molecule has 2 unspecified atom stereocenters. The molecule has 5 nitrogen and oxygen atoms in total. The third-order valence-corrected chi connectivity index (χ3v) is 4.27. The third-order valence-electron chi connectivity index (χ3n) is 4.27. The molecule has 1 aliphatic carbocycles. The van der Waals surface area contributed by atoms with Gasteiger partial charge in [0.25, 0.3) is 0 Å². The second-order valence-corrected chi connectivity index (χ2v) is 5.77. The van der Waals surface area contributed by atoms with Gasteiger partial charge in [0.1, 0.15) is 11.6 Å². The highest BCUT2D eigenvalue weighted by Crippen LogP contribution is 2.26. The highest BCUT2D eigenvalue weighted by atomic mass is 16.5. The number of hydrogen-bond donors (Lipinski definition) is 3. The summed E-state index contributed by atoms with van der Waals surface area (Å²) in [5.74, 6) is 0.844. The van der Waals surface area contributed by atoms with Gasteiger partial charge in [-0.25, -0.2) is 0 Å². The van der Waals surface area contributed by atoms with Crippen molar-refractivity contribution in [2.75, 3.05) is 14.2 Å². The molecule has 5 heteroatoms. The predicted octanol–water partition coefficient (Wildman–Crippen LogP) is 1.71. The fourth-order valence-electron chi connectivity index (χ4n) is 3.06. The lowest BCUT2D eigenvalue weighted by Crippen LogP contribution is -2.42. The summed E-state index contributed by atoms with van der Waals surface area (Å²) in [6.07, 6.45) is 3.91. The van der Waals surface area contributed by atoms with E-state index in [-0.39, 0.29) is 18.0 Å². The van der Waals surface area contributed by atoms with Crippen molar-refractivity contribution in [3.63, 3.8) is 0 Å². The first-order valence-electron chi connectivity index (χ1n) is 7.42. The summed E-state index contributed by atoms with van der Waals surface area (Å²) in [5, 5.41) is 17.7. The number of rotatable bonds is 5. The topological polar surface area (TPSA) is 82.6 Å². The van der Waals surface area contributed by atoms with Gasteiger partial charge in [0, 0.05) is 23.7 Å². The number of methoxy groups -OCH3 is 1. The zero-order valence-electron chi connectivity index (χ0n) is 12.8. The van der Waals surface area contributed by atoms with Crippen LogP contribution in [0.1, 0.15) is 36.8 Å². The molecule has 1 aliphatic rings. The standard InChI is InChI=1S/C16H25N3O2/c1-19(13-5-3-4-6-14(13)20)10-12-9-11(16(17)18)7-8-15(12)21-2/h7-9,13-14,20H,3-6,10H2,1-2H3,(H3,17,18). The highest BCUT2D eigenvalue weighted by molar-refractivity contribution is 5.95. The third kappa shape index (κ3) is 3.74. The van der Waals surface area contributed by atoms with E-state index in [9.17, 15) is 5.11 Å². The number of nitrogens with zero attached hydrogens (tertiary/aromatic N) is 1. The fraction of sp³-hybridized carbons (Fsp3) is 0.562. The number of amidine groups is 1. The predicted molar refractivity (Wildman–Crippen MR) is 83.7 cm³/mol. The average Bonchev–Trinajstić information content (AvgIpc) is 2.47. The van der Waals surface area contributed by atoms with Crippen molar-refractivity contribution in [2.45, 2.75) is 44.4 Å². The first-order valence-corrected chi connectivity index (χ1v) is 7.42. The second-order valence-electron chi connectivity index (χ2n) is 5.77. The van der Waals surface area contributed by atoms with Crippen molar-refractivity contribution in [1.82, 2.24) is 4.90 Å². The van der Waals surface area contributed by atoms with E-state index in [4.69, 9.17) is 15.9 Å². The second kappa shape index (κ2) is 6.91. The Hall–Kier alpha value is -1.59. The molecule has 1 fully saturated rings. The highest BCUT2D eigenvalue weighted by Gasteiger charge is 2.27. The molecule has 4 N–H and O–H groups in total. The zero-order valence-corrected chi connectivity index (χ0v) is 12.8. The van der Waals surface area contributed by atoms with Gasteiger partial charge in [-0.3, -0.25) is 10.3 Å². The number of hydrogen-bond acceptors (Lipinski definition) is 4. The van der Waals surface area contributed by atoms with Gasteiger partial charge in [-0.15, -0.1) is 0 Å². The average molecular weight is 291 g/mol. The minimum atomic E-state index is -0.259. The number of nitrogen functional groups attached to an aromatic ring is 1. The maximum absolute atomic E-state index is 10.2. The lowest BCUT2D eigenvalue weighted by Gasteiger charge is -2.35. The Morgan fingerprint density at radius 2 is 2.14 bits per heavy atom. The van der Waals surface area contributed by atoms with E-state index in [1.165, 1.54) is 0 Å². The number of ether oxygens (including phenoxy) is 1. The molecule has 0 bridgehead atoms. The van der Waals surface area contributed by atoms with E-state index in [2.05, 4.69) is 4.90 Å². The van der Waals surface area contributed by atoms with Crippen LogP contribution in [0.4, 0.5) is 0 Å². The summed E-state index contributed by atoms with van der Waals surface area (Å²) < 4.78 is 5.39. The lowest BCUT2D eigenvalue weighted by atomic mass is 9.91. The summed E-state index contributed by atoms with van der Waals surface area (Å²) in [5.41, 5.74) is 7.25. The Bertz CT molecular complexity index is 504. The molecule has 0 spiro atoms. The van der Waals surface area contributed by atoms with Gasteiger partial charge < -0.3 is 15.6 Å². The van der Waals surface area contributed by atoms with Gasteiger partial charge >= 0.3 is 0 Å². The summed E-state index contributed by atoms with van der Waals surface area (Å²) in [6.45, 7) is 0.673. The largest absolute Gasteiger partial charge is 0.496 e. The first-order chi connectivity index (χ1) is 10.0. The van der Waals surface area contributed by atoms with Gasteiger partial charge in [-0.05, 0) is 38.1 Å². The molecule has 21 heavy (non-hydrogen) atoms. The minimum absolute atomic E-state index is 0.0549. The number of aliphatic hydroxyl groups is 1. The lowest BCUT2D eigenvalue weighted by molar-refractivity contribution is 0.0285. The Morgan fingerprint density at radius 3 is 2.76 bits per heavy atom. The van der Waals surface area contributed by atoms with Crippen molar-refractivity contribution in [3.05, 3.63) is 29.3 Å². The fourth-order valence-corrected chi connectivity index (χ4v) is 3.06. The molecule has 2 rings (SSSR count). The van der Waals surface area contributed by atoms with Crippen LogP contribution >= 0.6 is 0 Å². The summed E-state index contributed by atoms with van der Waals surface area (Å²) in [4.78, 5) is 2.17. The number of benzene rings is 1. The van der Waals surface area contributed by atoms with Crippen molar-refractivity contribution in [1.29, 1.82) is 5.41 Å². The summed E-state index contributed by atoms with van der Waals surface area (Å²) in [7, 11) is 3.67. The van der Waals surface area contributed by atoms with Crippen LogP contribution < -0.4 is 10.5 Å². The Morgan fingerprint density at radius 1 is 1.43 bits per heavy atom. The monoisotopic (exact) mass is 291 g/mol. The van der Waals surface area contributed by atoms with Gasteiger partial charge in [0.15, 0.2) is 0 Å². The first kappa shape index (κ1) is 15.8. The van der Waals surface area contributed by atoms with Crippen LogP contribution in [-0.2, 0) is 6.54 Å². The van der Waals surface area contributed by atoms with Gasteiger partial charge in [-0.2, -0.15) is 0 Å². The molecule has 116 valence electrons. The van der Waals surface area contributed by atoms with Crippen molar-refractivity contribution in [2.24, 2.45) is 5.73 Å². The number of aliphatic hydroxyl groups excluding tert-OH is 1. The molecule has 0 aromatic heterocycles. The van der Waals surface area contributed by atoms with Crippen LogP contribution in [0.15, 0.2) is 18.2 Å². The smallest absolute Gasteiger partial charge is 0.123 e. The Labute approximate surface area is 126 Å². The molecular formula is C16H25N3O2. The van der Waals surface area contributed by atoms with E-state index in [1.807, 2.05) is 19.2 Å². The van der Waals surface area contributed by atoms with E-state index >= 15 is 0 Å². The van der Waals surface area contributed by atoms with Gasteiger partial charge in [0.05, 0.1) is 13.2 Å². The van der Waals surface area contributed by atoms with Crippen molar-refractivity contribution < 1.29 is 9.84 Å². The number of nitrogens with two attached hydrogens (primary N) is 1. The molecule has 0 saturated heterocycles. The minimum Gasteiger partial charge on any atom is -0.496 e. The molecule has 0 aliphatic heterocycles. The maximum Gasteiger partial charge on any atom is 0.123 e. The van der Waals surface area contributed by atoms with Crippen LogP contribution in [0, 0.1) is 5.41 Å². The molecule has 1 saturated carbocycles. The molecule has 2 atom stereocenters. The molecule has 1 aromatic rings. The van der Waals surface area contributed by atoms with Gasteiger partial charge in [0.2, 0.25) is 0 Å². The van der Waals surface area contributed by atoms with E-state index < -0.39 is 0 Å². The van der Waals surface area contributed by atoms with Crippen LogP contribution in [0.2, 0.25) is 0 Å². The zero-order chi connectivity index (χ0) is 15.4. The Kier molecular flexibility index (Phi) is 5.20. The van der Waals surface area contributed by atoms with Crippen LogP contribution in [0.5, 0.6) is 5.75 Å². The molecular weight excluding hydrogens is 266 g/mol. The normalized spacial score (nSPS) is 22.3. The maximum atomic E-state index is 10.2. The molecule has 0 amide bonds. The SMILES string of the molecule is COc1ccc(C(=N)N)cc1CN(C)C1CCCCC1O. The van der Waals surface area contributed by atoms with Gasteiger partial charge in [-0.1, -0.05) is 12.8 Å². The van der Waals surface area contributed by atoms with E-state index in [1.54, 1.807) is 13.2 Å². The molecule has 0 heterocycles. The summed E-state index contributed by atoms with van der Waals surface area (Å²) in [6, 6.07) is 5.72. The van der Waals surface area contributed by atoms with E-state index in [0.29, 0.717) is 12.1 Å². The quantitative estimate of drug-likeness (QED) is 0.570. The summed E-state index contributed by atoms with van der Waals surface area (Å²) >= 11 is 0. The van der Waals surface area contributed by atoms with Crippen molar-refractivity contribution >= 4 is 5.84 Å². The van der Waals surface area contributed by atoms with Crippen LogP contribution in [-0.4, -0.2) is 42.1 Å². The number of nitrogens with one attached hydrogen (secondary N) is 1. The van der Waals surface area contributed by atoms with Crippen LogP contribution in [0.3, 0.4) is 0 Å². The van der Waals surface area contributed by atoms with E-state index in [0.717, 1.165) is 37.0 Å². The molecule has 1 aromatic carbocycles. The van der Waals surface area contributed by atoms with Crippen LogP contribution in [0.25, 0.3) is 0 Å².